The normalized spacial score (nSPS) is 9.76. The Morgan fingerprint density at radius 1 is 1.14 bits per heavy atom. The number of nitrogens with zero attached hydrogens (tertiary/aromatic N) is 1. The minimum atomic E-state index is -0.144. The third kappa shape index (κ3) is 3.83. The first-order chi connectivity index (χ1) is 10.1. The molecule has 0 radical (unpaired) electrons. The van der Waals surface area contributed by atoms with Gasteiger partial charge in [-0.05, 0) is 37.6 Å². The third-order valence-electron chi connectivity index (χ3n) is 3.14. The Balaban J connectivity index is 1.98. The zero-order valence-electron chi connectivity index (χ0n) is 12.1. The summed E-state index contributed by atoms with van der Waals surface area (Å²) in [4.78, 5) is 12.0. The highest BCUT2D eigenvalue weighted by atomic mass is 16.1. The Morgan fingerprint density at radius 2 is 1.90 bits per heavy atom. The standard InChI is InChI=1S/C17H17N3O/c1-12-7-8-15(13(2)9-12)20-17(21)11-19-16-6-4-3-5-14(16)10-18/h3-9,19H,11H2,1-2H3,(H,20,21). The summed E-state index contributed by atoms with van der Waals surface area (Å²) in [6.07, 6.45) is 0. The van der Waals surface area contributed by atoms with Crippen LogP contribution in [-0.2, 0) is 4.79 Å². The van der Waals surface area contributed by atoms with E-state index in [4.69, 9.17) is 5.26 Å². The van der Waals surface area contributed by atoms with Crippen LogP contribution in [0.4, 0.5) is 11.4 Å². The molecular formula is C17H17N3O. The number of amides is 1. The van der Waals surface area contributed by atoms with Crippen LogP contribution in [0, 0.1) is 25.2 Å². The summed E-state index contributed by atoms with van der Waals surface area (Å²) in [6.45, 7) is 4.09. The average Bonchev–Trinajstić information content (AvgIpc) is 2.48. The predicted molar refractivity (Wildman–Crippen MR) is 84.2 cm³/mol. The lowest BCUT2D eigenvalue weighted by molar-refractivity contribution is -0.114. The molecule has 0 saturated carbocycles. The number of rotatable bonds is 4. The maximum Gasteiger partial charge on any atom is 0.243 e. The summed E-state index contributed by atoms with van der Waals surface area (Å²) in [6, 6.07) is 15.1. The number of aryl methyl sites for hydroxylation is 2. The van der Waals surface area contributed by atoms with Gasteiger partial charge in [-0.3, -0.25) is 4.79 Å². The highest BCUT2D eigenvalue weighted by Gasteiger charge is 2.06. The lowest BCUT2D eigenvalue weighted by Crippen LogP contribution is -2.22. The summed E-state index contributed by atoms with van der Waals surface area (Å²) in [7, 11) is 0. The summed E-state index contributed by atoms with van der Waals surface area (Å²) in [5, 5.41) is 14.8. The molecular weight excluding hydrogens is 262 g/mol. The second kappa shape index (κ2) is 6.58. The predicted octanol–water partition coefficient (Wildman–Crippen LogP) is 3.23. The van der Waals surface area contributed by atoms with E-state index in [9.17, 15) is 4.79 Å². The number of hydrogen-bond donors (Lipinski definition) is 2. The quantitative estimate of drug-likeness (QED) is 0.903. The van der Waals surface area contributed by atoms with Crippen molar-refractivity contribution in [3.63, 3.8) is 0 Å². The molecule has 1 amide bonds. The molecule has 0 heterocycles. The summed E-state index contributed by atoms with van der Waals surface area (Å²) >= 11 is 0. The van der Waals surface area contributed by atoms with Crippen molar-refractivity contribution in [2.75, 3.05) is 17.2 Å². The number of carbonyl (C=O) groups is 1. The van der Waals surface area contributed by atoms with Crippen molar-refractivity contribution in [2.45, 2.75) is 13.8 Å². The van der Waals surface area contributed by atoms with E-state index in [2.05, 4.69) is 16.7 Å². The van der Waals surface area contributed by atoms with Crippen LogP contribution in [0.5, 0.6) is 0 Å². The molecule has 0 aliphatic carbocycles. The minimum Gasteiger partial charge on any atom is -0.375 e. The van der Waals surface area contributed by atoms with Gasteiger partial charge < -0.3 is 10.6 Å². The van der Waals surface area contributed by atoms with Crippen LogP contribution in [-0.4, -0.2) is 12.5 Å². The molecule has 2 aromatic carbocycles. The fourth-order valence-corrected chi connectivity index (χ4v) is 2.06. The molecule has 2 N–H and O–H groups in total. The van der Waals surface area contributed by atoms with Crippen LogP contribution in [0.25, 0.3) is 0 Å². The van der Waals surface area contributed by atoms with Gasteiger partial charge in [0.25, 0.3) is 0 Å². The Kier molecular flexibility index (Phi) is 4.57. The Labute approximate surface area is 124 Å². The fraction of sp³-hybridized carbons (Fsp3) is 0.176. The van der Waals surface area contributed by atoms with Gasteiger partial charge in [0, 0.05) is 5.69 Å². The molecule has 4 heteroatoms. The summed E-state index contributed by atoms with van der Waals surface area (Å²) in [5.74, 6) is -0.144. The molecule has 0 aliphatic heterocycles. The van der Waals surface area contributed by atoms with E-state index in [0.717, 1.165) is 16.8 Å². The maximum absolute atomic E-state index is 12.0. The van der Waals surface area contributed by atoms with Crippen molar-refractivity contribution in [2.24, 2.45) is 0 Å². The van der Waals surface area contributed by atoms with E-state index in [-0.39, 0.29) is 12.5 Å². The number of hydrogen-bond acceptors (Lipinski definition) is 3. The lowest BCUT2D eigenvalue weighted by atomic mass is 10.1. The first kappa shape index (κ1) is 14.6. The van der Waals surface area contributed by atoms with Crippen LogP contribution >= 0.6 is 0 Å². The van der Waals surface area contributed by atoms with Crippen molar-refractivity contribution in [1.82, 2.24) is 0 Å². The number of benzene rings is 2. The molecule has 0 bridgehead atoms. The molecule has 0 fully saturated rings. The van der Waals surface area contributed by atoms with Gasteiger partial charge in [-0.2, -0.15) is 5.26 Å². The Bertz CT molecular complexity index is 701. The van der Waals surface area contributed by atoms with Crippen LogP contribution in [0.3, 0.4) is 0 Å². The van der Waals surface area contributed by atoms with Crippen molar-refractivity contribution >= 4 is 17.3 Å². The number of nitriles is 1. The van der Waals surface area contributed by atoms with Crippen molar-refractivity contribution in [3.05, 3.63) is 59.2 Å². The number of para-hydroxylation sites is 1. The molecule has 0 spiro atoms. The van der Waals surface area contributed by atoms with Crippen molar-refractivity contribution in [1.29, 1.82) is 5.26 Å². The van der Waals surface area contributed by atoms with Crippen LogP contribution in [0.15, 0.2) is 42.5 Å². The van der Waals surface area contributed by atoms with Gasteiger partial charge in [-0.1, -0.05) is 29.8 Å². The lowest BCUT2D eigenvalue weighted by Gasteiger charge is -2.11. The maximum atomic E-state index is 12.0. The molecule has 4 nitrogen and oxygen atoms in total. The Hall–Kier alpha value is -2.80. The van der Waals surface area contributed by atoms with Crippen LogP contribution in [0.1, 0.15) is 16.7 Å². The second-order valence-corrected chi connectivity index (χ2v) is 4.88. The van der Waals surface area contributed by atoms with Crippen molar-refractivity contribution in [3.8, 4) is 6.07 Å². The zero-order chi connectivity index (χ0) is 15.2. The number of anilines is 2. The van der Waals surface area contributed by atoms with E-state index in [1.54, 1.807) is 18.2 Å². The van der Waals surface area contributed by atoms with Gasteiger partial charge in [0.15, 0.2) is 0 Å². The highest BCUT2D eigenvalue weighted by molar-refractivity contribution is 5.94. The van der Waals surface area contributed by atoms with Crippen LogP contribution in [0.2, 0.25) is 0 Å². The van der Waals surface area contributed by atoms with Crippen molar-refractivity contribution < 1.29 is 4.79 Å². The number of nitrogens with one attached hydrogen (secondary N) is 2. The van der Waals surface area contributed by atoms with Gasteiger partial charge in [0.2, 0.25) is 5.91 Å². The average molecular weight is 279 g/mol. The van der Waals surface area contributed by atoms with Crippen LogP contribution < -0.4 is 10.6 Å². The largest absolute Gasteiger partial charge is 0.375 e. The fourth-order valence-electron chi connectivity index (χ4n) is 2.06. The second-order valence-electron chi connectivity index (χ2n) is 4.88. The molecule has 106 valence electrons. The first-order valence-electron chi connectivity index (χ1n) is 6.70. The monoisotopic (exact) mass is 279 g/mol. The van der Waals surface area contributed by atoms with E-state index in [0.29, 0.717) is 11.3 Å². The molecule has 0 atom stereocenters. The number of carbonyl (C=O) groups excluding carboxylic acids is 1. The van der Waals surface area contributed by atoms with E-state index in [1.807, 2.05) is 38.1 Å². The molecule has 21 heavy (non-hydrogen) atoms. The topological polar surface area (TPSA) is 64.9 Å². The van der Waals surface area contributed by atoms with Gasteiger partial charge in [-0.25, -0.2) is 0 Å². The van der Waals surface area contributed by atoms with Gasteiger partial charge in [0.05, 0.1) is 17.8 Å². The van der Waals surface area contributed by atoms with E-state index in [1.165, 1.54) is 0 Å². The first-order valence-corrected chi connectivity index (χ1v) is 6.70. The smallest absolute Gasteiger partial charge is 0.243 e. The van der Waals surface area contributed by atoms with E-state index >= 15 is 0 Å². The third-order valence-corrected chi connectivity index (χ3v) is 3.14. The highest BCUT2D eigenvalue weighted by Crippen LogP contribution is 2.16. The van der Waals surface area contributed by atoms with Gasteiger partial charge in [0.1, 0.15) is 6.07 Å². The van der Waals surface area contributed by atoms with E-state index < -0.39 is 0 Å². The SMILES string of the molecule is Cc1ccc(NC(=O)CNc2ccccc2C#N)c(C)c1. The summed E-state index contributed by atoms with van der Waals surface area (Å²) < 4.78 is 0. The molecule has 0 aromatic heterocycles. The zero-order valence-corrected chi connectivity index (χ0v) is 12.1. The van der Waals surface area contributed by atoms with Gasteiger partial charge >= 0.3 is 0 Å². The molecule has 0 saturated heterocycles. The van der Waals surface area contributed by atoms with Gasteiger partial charge in [-0.15, -0.1) is 0 Å². The summed E-state index contributed by atoms with van der Waals surface area (Å²) in [5.41, 5.74) is 4.18. The molecule has 2 aromatic rings. The minimum absolute atomic E-state index is 0.117. The molecule has 0 aliphatic rings. The molecule has 0 unspecified atom stereocenters. The molecule has 2 rings (SSSR count). The Morgan fingerprint density at radius 3 is 2.62 bits per heavy atom.